The minimum atomic E-state index is -1.01. The molecule has 0 radical (unpaired) electrons. The molecule has 0 bridgehead atoms. The number of hydrogen-bond acceptors (Lipinski definition) is 2. The van der Waals surface area contributed by atoms with Gasteiger partial charge in [-0.15, -0.1) is 0 Å². The molecule has 0 rings (SSSR count). The molecular weight excluding hydrogens is 475 g/mol. The van der Waals surface area contributed by atoms with E-state index in [1.165, 1.54) is 0 Å². The standard InChI is InChI=1S/C4H4I3NO2/c5-4(6,7)2(8)1-3(9)10/h1H,8H2,(H,9,10)/b2-1-. The van der Waals surface area contributed by atoms with Gasteiger partial charge in [0.1, 0.15) is 0 Å². The van der Waals surface area contributed by atoms with Crippen LogP contribution in [0.5, 0.6) is 0 Å². The lowest BCUT2D eigenvalue weighted by Gasteiger charge is -2.10. The predicted molar refractivity (Wildman–Crippen MR) is 64.7 cm³/mol. The van der Waals surface area contributed by atoms with Gasteiger partial charge in [-0.05, 0) is 67.8 Å². The van der Waals surface area contributed by atoms with Gasteiger partial charge in [0, 0.05) is 6.08 Å². The Labute approximate surface area is 99.2 Å². The van der Waals surface area contributed by atoms with Crippen LogP contribution < -0.4 is 5.73 Å². The SMILES string of the molecule is N/C(=C\C(=O)O)C(I)(I)I. The van der Waals surface area contributed by atoms with Crippen molar-refractivity contribution in [2.45, 2.75) is -0.565 Å². The summed E-state index contributed by atoms with van der Waals surface area (Å²) in [6.07, 6.45) is 1.01. The molecule has 0 aliphatic carbocycles. The fraction of sp³-hybridized carbons (Fsp3) is 0.250. The Balaban J connectivity index is 4.35. The summed E-state index contributed by atoms with van der Waals surface area (Å²) in [6, 6.07) is 0. The second-order valence-electron chi connectivity index (χ2n) is 1.44. The highest BCUT2D eigenvalue weighted by atomic mass is 127. The number of nitrogens with two attached hydrogens (primary N) is 1. The van der Waals surface area contributed by atoms with Crippen LogP contribution in [0.15, 0.2) is 11.8 Å². The number of carboxylic acid groups (broad SMARTS) is 1. The van der Waals surface area contributed by atoms with Crippen LogP contribution in [0.3, 0.4) is 0 Å². The molecule has 0 atom stereocenters. The van der Waals surface area contributed by atoms with E-state index in [-0.39, 0.29) is -0.565 Å². The Morgan fingerprint density at radius 2 is 1.90 bits per heavy atom. The van der Waals surface area contributed by atoms with Crippen molar-refractivity contribution >= 4 is 73.7 Å². The molecule has 0 aromatic carbocycles. The van der Waals surface area contributed by atoms with Gasteiger partial charge in [0.05, 0.1) is 5.70 Å². The molecule has 0 unspecified atom stereocenters. The third-order valence-electron chi connectivity index (χ3n) is 0.606. The smallest absolute Gasteiger partial charge is 0.330 e. The molecule has 0 aliphatic heterocycles. The lowest BCUT2D eigenvalue weighted by molar-refractivity contribution is -0.131. The molecule has 0 aliphatic rings. The van der Waals surface area contributed by atoms with Gasteiger partial charge in [0.15, 0.2) is -0.565 Å². The van der Waals surface area contributed by atoms with Gasteiger partial charge >= 0.3 is 5.97 Å². The van der Waals surface area contributed by atoms with Gasteiger partial charge in [-0.1, -0.05) is 0 Å². The average molecular weight is 479 g/mol. The van der Waals surface area contributed by atoms with Crippen LogP contribution >= 0.6 is 67.8 Å². The van der Waals surface area contributed by atoms with E-state index in [1.807, 2.05) is 0 Å². The van der Waals surface area contributed by atoms with Crippen molar-refractivity contribution < 1.29 is 9.90 Å². The van der Waals surface area contributed by atoms with Crippen LogP contribution in [-0.2, 0) is 4.79 Å². The van der Waals surface area contributed by atoms with Crippen LogP contribution in [0.25, 0.3) is 0 Å². The van der Waals surface area contributed by atoms with E-state index < -0.39 is 5.97 Å². The molecule has 58 valence electrons. The second kappa shape index (κ2) is 4.28. The molecule has 10 heavy (non-hydrogen) atoms. The van der Waals surface area contributed by atoms with Crippen molar-refractivity contribution in [3.8, 4) is 0 Å². The maximum atomic E-state index is 10.1. The fourth-order valence-electron chi connectivity index (χ4n) is 0.215. The van der Waals surface area contributed by atoms with E-state index in [4.69, 9.17) is 10.8 Å². The van der Waals surface area contributed by atoms with E-state index in [1.54, 1.807) is 0 Å². The maximum Gasteiger partial charge on any atom is 0.330 e. The van der Waals surface area contributed by atoms with Crippen LogP contribution in [0.4, 0.5) is 0 Å². The Kier molecular flexibility index (Phi) is 4.80. The van der Waals surface area contributed by atoms with Crippen molar-refractivity contribution in [2.75, 3.05) is 0 Å². The summed E-state index contributed by atoms with van der Waals surface area (Å²) in [6.45, 7) is 0. The first-order valence-corrected chi connectivity index (χ1v) is 5.35. The molecule has 6 heteroatoms. The number of carbonyl (C=O) groups is 1. The zero-order chi connectivity index (χ0) is 8.36. The first kappa shape index (κ1) is 11.2. The number of alkyl halides is 3. The molecule has 0 amide bonds. The first-order chi connectivity index (χ1) is 4.34. The summed E-state index contributed by atoms with van der Waals surface area (Å²) in [4.78, 5) is 10.1. The molecule has 0 fully saturated rings. The molecular formula is C4H4I3NO2. The van der Waals surface area contributed by atoms with Gasteiger partial charge in [-0.2, -0.15) is 0 Å². The zero-order valence-corrected chi connectivity index (χ0v) is 11.1. The average Bonchev–Trinajstić information content (AvgIpc) is 1.60. The zero-order valence-electron chi connectivity index (χ0n) is 4.64. The Hall–Kier alpha value is 1.20. The lowest BCUT2D eigenvalue weighted by atomic mass is 10.4. The fourth-order valence-corrected chi connectivity index (χ4v) is 0.682. The van der Waals surface area contributed by atoms with Gasteiger partial charge in [0.25, 0.3) is 0 Å². The largest absolute Gasteiger partial charge is 0.478 e. The monoisotopic (exact) mass is 479 g/mol. The van der Waals surface area contributed by atoms with E-state index in [2.05, 4.69) is 67.8 Å². The van der Waals surface area contributed by atoms with Gasteiger partial charge in [0.2, 0.25) is 0 Å². The highest BCUT2D eigenvalue weighted by Gasteiger charge is 2.21. The number of aliphatic carboxylic acids is 1. The lowest BCUT2D eigenvalue weighted by Crippen LogP contribution is -2.15. The van der Waals surface area contributed by atoms with E-state index >= 15 is 0 Å². The summed E-state index contributed by atoms with van der Waals surface area (Å²) in [5, 5.41) is 8.28. The number of allylic oxidation sites excluding steroid dienone is 1. The predicted octanol–water partition coefficient (Wildman–Crippen LogP) is 1.87. The minimum absolute atomic E-state index is 0.342. The molecule has 0 aromatic heterocycles. The molecule has 3 nitrogen and oxygen atoms in total. The Morgan fingerprint density at radius 3 is 2.00 bits per heavy atom. The van der Waals surface area contributed by atoms with Crippen molar-refractivity contribution in [3.05, 3.63) is 11.8 Å². The van der Waals surface area contributed by atoms with Crippen LogP contribution in [-0.4, -0.2) is 10.5 Å². The number of hydrogen-bond donors (Lipinski definition) is 2. The van der Waals surface area contributed by atoms with Crippen molar-refractivity contribution in [1.82, 2.24) is 0 Å². The summed E-state index contributed by atoms with van der Waals surface area (Å²) >= 11 is 6.16. The molecule has 0 saturated heterocycles. The topological polar surface area (TPSA) is 63.3 Å². The third-order valence-corrected chi connectivity index (χ3v) is 2.47. The third kappa shape index (κ3) is 4.93. The van der Waals surface area contributed by atoms with Gasteiger partial charge < -0.3 is 10.8 Å². The highest BCUT2D eigenvalue weighted by molar-refractivity contribution is 14.3. The van der Waals surface area contributed by atoms with Crippen LogP contribution in [0.2, 0.25) is 0 Å². The van der Waals surface area contributed by atoms with Gasteiger partial charge in [-0.25, -0.2) is 4.79 Å². The number of rotatable bonds is 2. The second-order valence-corrected chi connectivity index (χ2v) is 12.5. The first-order valence-electron chi connectivity index (χ1n) is 2.11. The van der Waals surface area contributed by atoms with Crippen molar-refractivity contribution in [2.24, 2.45) is 5.73 Å². The molecule has 0 heterocycles. The summed E-state index contributed by atoms with van der Waals surface area (Å²) in [7, 11) is 0. The van der Waals surface area contributed by atoms with Crippen molar-refractivity contribution in [1.29, 1.82) is 0 Å². The summed E-state index contributed by atoms with van der Waals surface area (Å²) < 4.78 is -0.342. The van der Waals surface area contributed by atoms with Crippen LogP contribution in [0.1, 0.15) is 0 Å². The molecule has 3 N–H and O–H groups in total. The highest BCUT2D eigenvalue weighted by Crippen LogP contribution is 2.39. The Morgan fingerprint density at radius 1 is 1.50 bits per heavy atom. The van der Waals surface area contributed by atoms with E-state index in [0.29, 0.717) is 5.70 Å². The summed E-state index contributed by atoms with van der Waals surface area (Å²) in [5.74, 6) is -1.01. The molecule has 0 spiro atoms. The number of halogens is 3. The minimum Gasteiger partial charge on any atom is -0.478 e. The van der Waals surface area contributed by atoms with E-state index in [0.717, 1.165) is 6.08 Å². The summed E-state index contributed by atoms with van der Waals surface area (Å²) in [5.41, 5.74) is 5.76. The molecule has 0 aromatic rings. The van der Waals surface area contributed by atoms with Crippen molar-refractivity contribution in [3.63, 3.8) is 0 Å². The quantitative estimate of drug-likeness (QED) is 0.362. The molecule has 0 saturated carbocycles. The Bertz CT molecular complexity index is 172. The van der Waals surface area contributed by atoms with E-state index in [9.17, 15) is 4.79 Å². The number of carboxylic acids is 1. The van der Waals surface area contributed by atoms with Gasteiger partial charge in [-0.3, -0.25) is 0 Å². The van der Waals surface area contributed by atoms with Crippen LogP contribution in [0, 0.1) is 0 Å². The normalized spacial score (nSPS) is 13.3. The maximum absolute atomic E-state index is 10.1.